The average Bonchev–Trinajstić information content (AvgIpc) is 3.89. The highest BCUT2D eigenvalue weighted by Crippen LogP contribution is 2.65. The van der Waals surface area contributed by atoms with Crippen molar-refractivity contribution < 1.29 is 42.8 Å². The summed E-state index contributed by atoms with van der Waals surface area (Å²) in [5.41, 5.74) is 9.48. The highest BCUT2D eigenvalue weighted by molar-refractivity contribution is 6.47. The summed E-state index contributed by atoms with van der Waals surface area (Å²) in [7, 11) is -0.704. The Balaban J connectivity index is 1.18. The van der Waals surface area contributed by atoms with Crippen molar-refractivity contribution in [3.63, 3.8) is 0 Å². The van der Waals surface area contributed by atoms with Crippen molar-refractivity contribution in [3.8, 4) is 0 Å². The fourth-order valence-electron chi connectivity index (χ4n) is 10.4. The first-order valence-corrected chi connectivity index (χ1v) is 25.4. The fourth-order valence-corrected chi connectivity index (χ4v) is 10.4. The molecule has 0 aromatic rings. The minimum Gasteiger partial charge on any atom is -0.404 e. The van der Waals surface area contributed by atoms with Gasteiger partial charge in [-0.05, 0) is 95.4 Å². The van der Waals surface area contributed by atoms with Gasteiger partial charge in [0.2, 0.25) is 35.4 Å². The molecule has 17 nitrogen and oxygen atoms in total. The van der Waals surface area contributed by atoms with Crippen molar-refractivity contribution in [2.75, 3.05) is 33.0 Å². The number of ether oxygens (including phenoxy) is 1. The third kappa shape index (κ3) is 14.8. The molecule has 1 aliphatic heterocycles. The molecule has 4 saturated carbocycles. The second-order valence-electron chi connectivity index (χ2n) is 20.9. The van der Waals surface area contributed by atoms with Crippen molar-refractivity contribution in [1.29, 1.82) is 0 Å². The lowest BCUT2D eigenvalue weighted by molar-refractivity contribution is -0.199. The third-order valence-electron chi connectivity index (χ3n) is 15.2. The van der Waals surface area contributed by atoms with E-state index in [2.05, 4.69) is 59.6 Å². The number of nitrogens with one attached hydrogen (secondary N) is 6. The van der Waals surface area contributed by atoms with Crippen LogP contribution in [-0.4, -0.2) is 111 Å². The second kappa shape index (κ2) is 25.9. The molecule has 0 spiro atoms. The maximum Gasteiger partial charge on any atom is 0.481 e. The summed E-state index contributed by atoms with van der Waals surface area (Å²) in [6.07, 6.45) is 15.9. The predicted octanol–water partition coefficient (Wildman–Crippen LogP) is 3.50. The lowest BCUT2D eigenvalue weighted by Gasteiger charge is -2.64. The molecular weight excluding hydrogens is 843 g/mol. The van der Waals surface area contributed by atoms with E-state index in [-0.39, 0.29) is 48.9 Å². The van der Waals surface area contributed by atoms with Crippen LogP contribution in [0.5, 0.6) is 0 Å². The molecule has 1 saturated heterocycles. The Labute approximate surface area is 395 Å². The molecular formula is C48H87BN8O9. The normalized spacial score (nSPS) is 26.5. The first-order valence-electron chi connectivity index (χ1n) is 25.4. The van der Waals surface area contributed by atoms with Crippen LogP contribution in [0.2, 0.25) is 0 Å². The van der Waals surface area contributed by atoms with Crippen molar-refractivity contribution in [1.82, 2.24) is 31.9 Å². The average molecular weight is 931 g/mol. The van der Waals surface area contributed by atoms with Crippen LogP contribution in [0, 0.1) is 35.0 Å². The zero-order chi connectivity index (χ0) is 48.7. The van der Waals surface area contributed by atoms with Gasteiger partial charge in [-0.2, -0.15) is 0 Å². The van der Waals surface area contributed by atoms with Gasteiger partial charge in [0.05, 0.1) is 48.9 Å². The summed E-state index contributed by atoms with van der Waals surface area (Å²) in [6.45, 7) is 17.4. The maximum atomic E-state index is 13.9. The second-order valence-corrected chi connectivity index (χ2v) is 20.9. The molecule has 0 aromatic carbocycles. The number of unbranched alkanes of at least 4 members (excludes halogenated alkanes) is 9. The standard InChI is InChI=1S/C48H87BN8O9/c1-9-10-11-12-13-14-15-16-17-22-40(58)52-24-20-25-64-30-54-37(21-18-19-23-50)44(62)53-29-35(31(2)3)43(61)55-32(4)42(60)57-48(28-36(48)41(51)59)45(63)56-33(5)49-65-39-27-34-26-38(46(34,6)7)47(39,8)66-49/h31-39,54H,9-30,50H2,1-8H3,(H2,51,59)(H,52,58)(H,53,62)(H,55,61)(H,56,63)(H,57,60)/t32-,33-,34-,35-,36-,37-,38-,39?,47-,48?/m0/s1. The molecule has 6 amide bonds. The summed E-state index contributed by atoms with van der Waals surface area (Å²) in [4.78, 5) is 79.2. The highest BCUT2D eigenvalue weighted by atomic mass is 16.7. The van der Waals surface area contributed by atoms with E-state index in [1.54, 1.807) is 6.92 Å². The van der Waals surface area contributed by atoms with Gasteiger partial charge < -0.3 is 52.1 Å². The summed E-state index contributed by atoms with van der Waals surface area (Å²) >= 11 is 0. The number of hydrogen-bond donors (Lipinski definition) is 8. The number of amides is 6. The van der Waals surface area contributed by atoms with Crippen LogP contribution in [0.1, 0.15) is 165 Å². The zero-order valence-electron chi connectivity index (χ0n) is 41.7. The van der Waals surface area contributed by atoms with Gasteiger partial charge in [-0.15, -0.1) is 0 Å². The number of hydrogen-bond acceptors (Lipinski definition) is 11. The molecule has 0 aromatic heterocycles. The van der Waals surface area contributed by atoms with Gasteiger partial charge in [0, 0.05) is 19.5 Å². The molecule has 4 aliphatic carbocycles. The Morgan fingerprint density at radius 3 is 2.12 bits per heavy atom. The first kappa shape index (κ1) is 55.3. The van der Waals surface area contributed by atoms with Crippen molar-refractivity contribution >= 4 is 42.6 Å². The van der Waals surface area contributed by atoms with Crippen LogP contribution in [0.25, 0.3) is 0 Å². The number of primary amides is 1. The molecule has 0 radical (unpaired) electrons. The third-order valence-corrected chi connectivity index (χ3v) is 15.2. The largest absolute Gasteiger partial charge is 0.481 e. The number of rotatable bonds is 33. The Hall–Kier alpha value is -3.32. The predicted molar refractivity (Wildman–Crippen MR) is 255 cm³/mol. The van der Waals surface area contributed by atoms with Gasteiger partial charge in [0.25, 0.3) is 0 Å². The molecule has 10 N–H and O–H groups in total. The van der Waals surface area contributed by atoms with Crippen LogP contribution in [-0.2, 0) is 42.8 Å². The van der Waals surface area contributed by atoms with Gasteiger partial charge in [0.1, 0.15) is 11.6 Å². The van der Waals surface area contributed by atoms with E-state index in [1.807, 2.05) is 13.8 Å². The van der Waals surface area contributed by atoms with Crippen molar-refractivity contribution in [3.05, 3.63) is 0 Å². The number of carbonyl (C=O) groups is 6. The van der Waals surface area contributed by atoms with Gasteiger partial charge >= 0.3 is 7.12 Å². The van der Waals surface area contributed by atoms with E-state index >= 15 is 0 Å². The van der Waals surface area contributed by atoms with Crippen LogP contribution >= 0.6 is 0 Å². The molecule has 1 heterocycles. The van der Waals surface area contributed by atoms with Gasteiger partial charge in [-0.3, -0.25) is 34.1 Å². The monoisotopic (exact) mass is 931 g/mol. The Bertz CT molecular complexity index is 1620. The van der Waals surface area contributed by atoms with E-state index in [0.717, 1.165) is 32.1 Å². The molecule has 10 atom stereocenters. The Morgan fingerprint density at radius 1 is 0.818 bits per heavy atom. The number of carbonyl (C=O) groups excluding carboxylic acids is 6. The van der Waals surface area contributed by atoms with Crippen LogP contribution in [0.4, 0.5) is 0 Å². The molecule has 66 heavy (non-hydrogen) atoms. The van der Waals surface area contributed by atoms with Gasteiger partial charge in [0.15, 0.2) is 0 Å². The highest BCUT2D eigenvalue weighted by Gasteiger charge is 2.69. The van der Waals surface area contributed by atoms with Crippen molar-refractivity contribution in [2.24, 2.45) is 46.5 Å². The first-order chi connectivity index (χ1) is 31.3. The molecule has 5 aliphatic rings. The van der Waals surface area contributed by atoms with E-state index in [0.29, 0.717) is 57.2 Å². The van der Waals surface area contributed by atoms with Crippen LogP contribution < -0.4 is 43.4 Å². The van der Waals surface area contributed by atoms with Crippen LogP contribution in [0.3, 0.4) is 0 Å². The lowest BCUT2D eigenvalue weighted by Crippen LogP contribution is -2.65. The molecule has 2 unspecified atom stereocenters. The molecule has 2 bridgehead atoms. The van der Waals surface area contributed by atoms with Gasteiger partial charge in [-0.1, -0.05) is 92.4 Å². The van der Waals surface area contributed by atoms with Crippen molar-refractivity contribution in [2.45, 2.75) is 200 Å². The fraction of sp³-hybridized carbons (Fsp3) is 0.875. The maximum absolute atomic E-state index is 13.9. The minimum atomic E-state index is -1.59. The molecule has 5 rings (SSSR count). The van der Waals surface area contributed by atoms with E-state index < -0.39 is 71.7 Å². The topological polar surface area (TPSA) is 254 Å². The van der Waals surface area contributed by atoms with E-state index in [1.165, 1.54) is 51.9 Å². The summed E-state index contributed by atoms with van der Waals surface area (Å²) in [5, 5.41) is 17.4. The molecule has 376 valence electrons. The van der Waals surface area contributed by atoms with E-state index in [9.17, 15) is 28.8 Å². The van der Waals surface area contributed by atoms with Gasteiger partial charge in [-0.25, -0.2) is 0 Å². The molecule has 18 heteroatoms. The lowest BCUT2D eigenvalue weighted by atomic mass is 9.43. The number of nitrogens with two attached hydrogens (primary N) is 2. The zero-order valence-corrected chi connectivity index (χ0v) is 41.7. The Morgan fingerprint density at radius 2 is 1.50 bits per heavy atom. The summed E-state index contributed by atoms with van der Waals surface area (Å²) < 4.78 is 18.6. The van der Waals surface area contributed by atoms with Crippen LogP contribution in [0.15, 0.2) is 0 Å². The van der Waals surface area contributed by atoms with E-state index in [4.69, 9.17) is 25.5 Å². The quantitative estimate of drug-likeness (QED) is 0.0269. The summed E-state index contributed by atoms with van der Waals surface area (Å²) in [5.74, 6) is -4.15. The summed E-state index contributed by atoms with van der Waals surface area (Å²) in [6, 6.07) is -1.67. The minimum absolute atomic E-state index is 0.0157. The molecule has 5 fully saturated rings. The smallest absolute Gasteiger partial charge is 0.404 e. The Kier molecular flexibility index (Phi) is 21.7. The SMILES string of the molecule is CCCCCCCCCCCC(=O)NCCCOCN[C@@H](CCCCN)C(=O)NC[C@H](C(=O)N[C@@H](C)C(=O)NC1(C(=O)N[C@@H](C)B2OC3C[C@@H]4C[C@@H](C4(C)C)[C@]3(C)O2)C[C@H]1C(N)=O)C(C)C.